The molecule has 2 aromatic rings. The molecule has 0 amide bonds. The van der Waals surface area contributed by atoms with Crippen LogP contribution in [0.4, 0.5) is 0 Å². The lowest BCUT2D eigenvalue weighted by molar-refractivity contribution is 0.375. The molecule has 3 heteroatoms. The van der Waals surface area contributed by atoms with E-state index in [1.165, 1.54) is 5.56 Å². The minimum atomic E-state index is -0.105. The van der Waals surface area contributed by atoms with Gasteiger partial charge in [0, 0.05) is 5.39 Å². The van der Waals surface area contributed by atoms with Crippen LogP contribution in [0.25, 0.3) is 10.9 Å². The van der Waals surface area contributed by atoms with E-state index in [1.54, 1.807) is 0 Å². The molecule has 0 aliphatic carbocycles. The molecule has 0 bridgehead atoms. The summed E-state index contributed by atoms with van der Waals surface area (Å²) in [6.07, 6.45) is 0. The van der Waals surface area contributed by atoms with Gasteiger partial charge in [-0.25, -0.2) is 0 Å². The molecule has 1 aromatic heterocycles. The van der Waals surface area contributed by atoms with E-state index < -0.39 is 0 Å². The highest BCUT2D eigenvalue weighted by atomic mass is 16.5. The van der Waals surface area contributed by atoms with Crippen molar-refractivity contribution in [1.82, 2.24) is 5.16 Å². The SMILES string of the molecule is Cc1ccc2noc(C(C)N)c2c1. The molecule has 1 atom stereocenters. The number of fused-ring (bicyclic) bond motifs is 1. The normalized spacial score (nSPS) is 13.5. The Morgan fingerprint density at radius 1 is 1.46 bits per heavy atom. The molecule has 1 unspecified atom stereocenters. The van der Waals surface area contributed by atoms with E-state index in [0.29, 0.717) is 0 Å². The molecule has 2 N–H and O–H groups in total. The van der Waals surface area contributed by atoms with Gasteiger partial charge in [0.2, 0.25) is 0 Å². The molecule has 2 rings (SSSR count). The summed E-state index contributed by atoms with van der Waals surface area (Å²) in [5.74, 6) is 0.763. The van der Waals surface area contributed by atoms with Crippen molar-refractivity contribution in [2.45, 2.75) is 19.9 Å². The number of rotatable bonds is 1. The maximum atomic E-state index is 5.74. The Morgan fingerprint density at radius 2 is 2.23 bits per heavy atom. The van der Waals surface area contributed by atoms with Gasteiger partial charge in [0.25, 0.3) is 0 Å². The largest absolute Gasteiger partial charge is 0.358 e. The van der Waals surface area contributed by atoms with E-state index in [-0.39, 0.29) is 6.04 Å². The van der Waals surface area contributed by atoms with Crippen molar-refractivity contribution in [3.8, 4) is 0 Å². The monoisotopic (exact) mass is 176 g/mol. The molecule has 0 saturated heterocycles. The lowest BCUT2D eigenvalue weighted by atomic mass is 10.1. The average molecular weight is 176 g/mol. The average Bonchev–Trinajstić information content (AvgIpc) is 2.46. The molecule has 0 radical (unpaired) electrons. The first kappa shape index (κ1) is 8.26. The van der Waals surface area contributed by atoms with Crippen LogP contribution in [0.1, 0.15) is 24.3 Å². The summed E-state index contributed by atoms with van der Waals surface area (Å²) in [4.78, 5) is 0. The van der Waals surface area contributed by atoms with Gasteiger partial charge in [-0.05, 0) is 26.0 Å². The zero-order valence-electron chi connectivity index (χ0n) is 7.74. The minimum absolute atomic E-state index is 0.105. The molecule has 0 aliphatic rings. The number of hydrogen-bond acceptors (Lipinski definition) is 3. The van der Waals surface area contributed by atoms with Gasteiger partial charge in [-0.3, -0.25) is 0 Å². The van der Waals surface area contributed by atoms with Gasteiger partial charge in [-0.15, -0.1) is 0 Å². The lowest BCUT2D eigenvalue weighted by Gasteiger charge is -1.98. The number of aromatic nitrogens is 1. The highest BCUT2D eigenvalue weighted by molar-refractivity contribution is 5.81. The van der Waals surface area contributed by atoms with Gasteiger partial charge in [0.05, 0.1) is 6.04 Å². The summed E-state index contributed by atoms with van der Waals surface area (Å²) in [5, 5.41) is 4.95. The van der Waals surface area contributed by atoms with Crippen LogP contribution in [0.2, 0.25) is 0 Å². The summed E-state index contributed by atoms with van der Waals surface area (Å²) >= 11 is 0. The van der Waals surface area contributed by atoms with Gasteiger partial charge < -0.3 is 10.3 Å². The number of hydrogen-bond donors (Lipinski definition) is 1. The van der Waals surface area contributed by atoms with E-state index >= 15 is 0 Å². The fourth-order valence-corrected chi connectivity index (χ4v) is 1.40. The van der Waals surface area contributed by atoms with Crippen molar-refractivity contribution >= 4 is 10.9 Å². The quantitative estimate of drug-likeness (QED) is 0.724. The predicted molar refractivity (Wildman–Crippen MR) is 51.3 cm³/mol. The number of nitrogens with zero attached hydrogens (tertiary/aromatic N) is 1. The highest BCUT2D eigenvalue weighted by Crippen LogP contribution is 2.23. The molecule has 0 spiro atoms. The number of nitrogens with two attached hydrogens (primary N) is 1. The third kappa shape index (κ3) is 1.31. The van der Waals surface area contributed by atoms with Crippen molar-refractivity contribution in [1.29, 1.82) is 0 Å². The molecular formula is C10H12N2O. The Balaban J connectivity index is 2.71. The molecular weight excluding hydrogens is 164 g/mol. The summed E-state index contributed by atoms with van der Waals surface area (Å²) in [6.45, 7) is 3.93. The molecule has 0 fully saturated rings. The Bertz CT molecular complexity index is 431. The molecule has 1 heterocycles. The Morgan fingerprint density at radius 3 is 2.92 bits per heavy atom. The molecule has 0 aliphatic heterocycles. The van der Waals surface area contributed by atoms with Crippen LogP contribution in [0, 0.1) is 6.92 Å². The van der Waals surface area contributed by atoms with Gasteiger partial charge in [-0.2, -0.15) is 0 Å². The van der Waals surface area contributed by atoms with Crippen molar-refractivity contribution < 1.29 is 4.52 Å². The molecule has 3 nitrogen and oxygen atoms in total. The fourth-order valence-electron chi connectivity index (χ4n) is 1.40. The van der Waals surface area contributed by atoms with Crippen LogP contribution in [0.15, 0.2) is 22.7 Å². The van der Waals surface area contributed by atoms with E-state index in [0.717, 1.165) is 16.7 Å². The molecule has 68 valence electrons. The lowest BCUT2D eigenvalue weighted by Crippen LogP contribution is -2.03. The summed E-state index contributed by atoms with van der Waals surface area (Å²) in [7, 11) is 0. The standard InChI is InChI=1S/C10H12N2O/c1-6-3-4-9-8(5-6)10(7(2)11)13-12-9/h3-5,7H,11H2,1-2H3. The topological polar surface area (TPSA) is 52.0 Å². The van der Waals surface area contributed by atoms with E-state index in [9.17, 15) is 0 Å². The van der Waals surface area contributed by atoms with Crippen LogP contribution >= 0.6 is 0 Å². The predicted octanol–water partition coefficient (Wildman–Crippen LogP) is 2.16. The number of benzene rings is 1. The zero-order chi connectivity index (χ0) is 9.42. The summed E-state index contributed by atoms with van der Waals surface area (Å²) < 4.78 is 5.16. The Labute approximate surface area is 76.5 Å². The van der Waals surface area contributed by atoms with Crippen molar-refractivity contribution in [2.24, 2.45) is 5.73 Å². The van der Waals surface area contributed by atoms with Crippen LogP contribution in [0.3, 0.4) is 0 Å². The zero-order valence-corrected chi connectivity index (χ0v) is 7.74. The molecule has 13 heavy (non-hydrogen) atoms. The highest BCUT2D eigenvalue weighted by Gasteiger charge is 2.11. The maximum Gasteiger partial charge on any atom is 0.160 e. The van der Waals surface area contributed by atoms with E-state index in [2.05, 4.69) is 5.16 Å². The van der Waals surface area contributed by atoms with Crippen LogP contribution in [-0.4, -0.2) is 5.16 Å². The smallest absolute Gasteiger partial charge is 0.160 e. The summed E-state index contributed by atoms with van der Waals surface area (Å²) in [5.41, 5.74) is 7.81. The van der Waals surface area contributed by atoms with Gasteiger partial charge in [0.15, 0.2) is 5.76 Å². The van der Waals surface area contributed by atoms with Gasteiger partial charge in [-0.1, -0.05) is 16.8 Å². The van der Waals surface area contributed by atoms with Crippen molar-refractivity contribution in [2.75, 3.05) is 0 Å². The third-order valence-corrected chi connectivity index (χ3v) is 2.07. The maximum absolute atomic E-state index is 5.74. The minimum Gasteiger partial charge on any atom is -0.358 e. The molecule has 1 aromatic carbocycles. The van der Waals surface area contributed by atoms with Crippen LogP contribution in [-0.2, 0) is 0 Å². The van der Waals surface area contributed by atoms with Crippen LogP contribution < -0.4 is 5.73 Å². The first-order chi connectivity index (χ1) is 6.18. The fraction of sp³-hybridized carbons (Fsp3) is 0.300. The first-order valence-electron chi connectivity index (χ1n) is 4.30. The second-order valence-electron chi connectivity index (χ2n) is 3.36. The first-order valence-corrected chi connectivity index (χ1v) is 4.30. The van der Waals surface area contributed by atoms with Crippen LogP contribution in [0.5, 0.6) is 0 Å². The number of aryl methyl sites for hydroxylation is 1. The van der Waals surface area contributed by atoms with Gasteiger partial charge in [0.1, 0.15) is 5.52 Å². The van der Waals surface area contributed by atoms with Gasteiger partial charge >= 0.3 is 0 Å². The summed E-state index contributed by atoms with van der Waals surface area (Å²) in [6, 6.07) is 5.90. The van der Waals surface area contributed by atoms with E-state index in [1.807, 2.05) is 32.0 Å². The second kappa shape index (κ2) is 2.85. The van der Waals surface area contributed by atoms with E-state index in [4.69, 9.17) is 10.3 Å². The second-order valence-corrected chi connectivity index (χ2v) is 3.36. The Kier molecular flexibility index (Phi) is 1.81. The van der Waals surface area contributed by atoms with Crippen molar-refractivity contribution in [3.63, 3.8) is 0 Å². The third-order valence-electron chi connectivity index (χ3n) is 2.07. The Hall–Kier alpha value is -1.35. The molecule has 0 saturated carbocycles. The van der Waals surface area contributed by atoms with Crippen molar-refractivity contribution in [3.05, 3.63) is 29.5 Å².